The third kappa shape index (κ3) is 5.01. The SMILES string of the molecule is CC1CCN(S(=O)(=O)c2ccc(NC(=O)/C(Cl)=C/c3ccccc3)cc2)CC1. The standard InChI is InChI=1S/C21H23ClN2O3S/c1-16-11-13-24(14-12-16)28(26,27)19-9-7-18(8-10-19)23-21(25)20(22)15-17-5-3-2-4-6-17/h2-10,15-16H,11-14H2,1H3,(H,23,25)/b20-15-. The van der Waals surface area contributed by atoms with Gasteiger partial charge in [0.15, 0.2) is 0 Å². The van der Waals surface area contributed by atoms with Crippen LogP contribution in [0.5, 0.6) is 0 Å². The van der Waals surface area contributed by atoms with Gasteiger partial charge in [0.1, 0.15) is 5.03 Å². The van der Waals surface area contributed by atoms with Gasteiger partial charge in [-0.15, -0.1) is 0 Å². The topological polar surface area (TPSA) is 66.5 Å². The predicted molar refractivity (Wildman–Crippen MR) is 113 cm³/mol. The van der Waals surface area contributed by atoms with Gasteiger partial charge in [-0.05, 0) is 54.7 Å². The number of nitrogens with zero attached hydrogens (tertiary/aromatic N) is 1. The molecule has 1 aliphatic heterocycles. The lowest BCUT2D eigenvalue weighted by molar-refractivity contribution is -0.112. The number of nitrogens with one attached hydrogen (secondary N) is 1. The fourth-order valence-electron chi connectivity index (χ4n) is 3.04. The zero-order valence-corrected chi connectivity index (χ0v) is 17.2. The van der Waals surface area contributed by atoms with Crippen molar-refractivity contribution in [2.75, 3.05) is 18.4 Å². The number of rotatable bonds is 5. The van der Waals surface area contributed by atoms with E-state index in [-0.39, 0.29) is 9.93 Å². The predicted octanol–water partition coefficient (Wildman–Crippen LogP) is 4.33. The van der Waals surface area contributed by atoms with Gasteiger partial charge in [0.25, 0.3) is 5.91 Å². The zero-order chi connectivity index (χ0) is 20.1. The first-order chi connectivity index (χ1) is 13.4. The largest absolute Gasteiger partial charge is 0.321 e. The normalized spacial score (nSPS) is 16.7. The summed E-state index contributed by atoms with van der Waals surface area (Å²) in [6, 6.07) is 15.5. The van der Waals surface area contributed by atoms with Crippen LogP contribution in [0, 0.1) is 5.92 Å². The van der Waals surface area contributed by atoms with Crippen molar-refractivity contribution in [2.24, 2.45) is 5.92 Å². The second kappa shape index (κ2) is 8.90. The summed E-state index contributed by atoms with van der Waals surface area (Å²) in [4.78, 5) is 12.5. The van der Waals surface area contributed by atoms with Crippen molar-refractivity contribution in [3.8, 4) is 0 Å². The van der Waals surface area contributed by atoms with Crippen LogP contribution in [0.4, 0.5) is 5.69 Å². The minimum Gasteiger partial charge on any atom is -0.321 e. The van der Waals surface area contributed by atoms with Gasteiger partial charge in [-0.2, -0.15) is 4.31 Å². The van der Waals surface area contributed by atoms with E-state index in [2.05, 4.69) is 12.2 Å². The quantitative estimate of drug-likeness (QED) is 0.735. The molecule has 5 nitrogen and oxygen atoms in total. The smallest absolute Gasteiger partial charge is 0.267 e. The van der Waals surface area contributed by atoms with Crippen LogP contribution >= 0.6 is 11.6 Å². The van der Waals surface area contributed by atoms with Crippen molar-refractivity contribution in [3.63, 3.8) is 0 Å². The van der Waals surface area contributed by atoms with Gasteiger partial charge in [0, 0.05) is 18.8 Å². The first-order valence-electron chi connectivity index (χ1n) is 9.20. The van der Waals surface area contributed by atoms with Gasteiger partial charge in [-0.1, -0.05) is 48.9 Å². The van der Waals surface area contributed by atoms with Crippen LogP contribution in [-0.4, -0.2) is 31.7 Å². The third-order valence-corrected chi connectivity index (χ3v) is 7.00. The minimum atomic E-state index is -3.50. The lowest BCUT2D eigenvalue weighted by Gasteiger charge is -2.29. The minimum absolute atomic E-state index is 0.0466. The molecule has 148 valence electrons. The summed E-state index contributed by atoms with van der Waals surface area (Å²) in [6.45, 7) is 3.22. The van der Waals surface area contributed by atoms with Crippen molar-refractivity contribution in [1.82, 2.24) is 4.31 Å². The lowest BCUT2D eigenvalue weighted by atomic mass is 10.0. The van der Waals surface area contributed by atoms with E-state index in [1.807, 2.05) is 30.3 Å². The fraction of sp³-hybridized carbons (Fsp3) is 0.286. The average molecular weight is 419 g/mol. The van der Waals surface area contributed by atoms with Crippen LogP contribution in [0.25, 0.3) is 6.08 Å². The molecule has 0 aliphatic carbocycles. The second-order valence-electron chi connectivity index (χ2n) is 6.97. The Kier molecular flexibility index (Phi) is 6.54. The Morgan fingerprint density at radius 3 is 2.29 bits per heavy atom. The zero-order valence-electron chi connectivity index (χ0n) is 15.6. The molecular formula is C21H23ClN2O3S. The van der Waals surface area contributed by atoms with Crippen LogP contribution in [0.3, 0.4) is 0 Å². The Labute approximate surface area is 171 Å². The van der Waals surface area contributed by atoms with Crippen molar-refractivity contribution >= 4 is 39.3 Å². The molecule has 0 radical (unpaired) electrons. The summed E-state index contributed by atoms with van der Waals surface area (Å²) < 4.78 is 27.0. The van der Waals surface area contributed by atoms with Crippen molar-refractivity contribution in [3.05, 3.63) is 65.2 Å². The van der Waals surface area contributed by atoms with E-state index in [1.165, 1.54) is 16.4 Å². The molecule has 0 atom stereocenters. The molecule has 1 heterocycles. The number of carbonyl (C=O) groups excluding carboxylic acids is 1. The second-order valence-corrected chi connectivity index (χ2v) is 9.31. The molecular weight excluding hydrogens is 396 g/mol. The molecule has 0 aromatic heterocycles. The van der Waals surface area contributed by atoms with Crippen LogP contribution in [0.1, 0.15) is 25.3 Å². The molecule has 0 unspecified atom stereocenters. The average Bonchev–Trinajstić information content (AvgIpc) is 2.69. The fourth-order valence-corrected chi connectivity index (χ4v) is 4.68. The van der Waals surface area contributed by atoms with Gasteiger partial charge < -0.3 is 5.32 Å². The molecule has 1 saturated heterocycles. The summed E-state index contributed by atoms with van der Waals surface area (Å²) in [5.74, 6) is 0.101. The molecule has 7 heteroatoms. The Morgan fingerprint density at radius 1 is 1.07 bits per heavy atom. The summed E-state index contributed by atoms with van der Waals surface area (Å²) >= 11 is 6.08. The number of benzene rings is 2. The molecule has 0 saturated carbocycles. The number of sulfonamides is 1. The van der Waals surface area contributed by atoms with E-state index in [0.29, 0.717) is 24.7 Å². The number of carbonyl (C=O) groups is 1. The monoisotopic (exact) mass is 418 g/mol. The van der Waals surface area contributed by atoms with E-state index in [9.17, 15) is 13.2 Å². The van der Waals surface area contributed by atoms with Crippen LogP contribution in [0.2, 0.25) is 0 Å². The first-order valence-corrected chi connectivity index (χ1v) is 11.0. The molecule has 2 aromatic carbocycles. The highest BCUT2D eigenvalue weighted by molar-refractivity contribution is 7.89. The van der Waals surface area contributed by atoms with Crippen LogP contribution < -0.4 is 5.32 Å². The summed E-state index contributed by atoms with van der Waals surface area (Å²) in [5, 5.41) is 2.72. The first kappa shape index (κ1) is 20.6. The van der Waals surface area contributed by atoms with E-state index in [4.69, 9.17) is 11.6 Å². The highest BCUT2D eigenvalue weighted by Gasteiger charge is 2.27. The maximum absolute atomic E-state index is 12.7. The molecule has 1 N–H and O–H groups in total. The molecule has 1 fully saturated rings. The number of hydrogen-bond donors (Lipinski definition) is 1. The third-order valence-electron chi connectivity index (χ3n) is 4.80. The van der Waals surface area contributed by atoms with Crippen LogP contribution in [0.15, 0.2) is 64.5 Å². The van der Waals surface area contributed by atoms with Crippen LogP contribution in [-0.2, 0) is 14.8 Å². The van der Waals surface area contributed by atoms with E-state index >= 15 is 0 Å². The van der Waals surface area contributed by atoms with E-state index in [0.717, 1.165) is 18.4 Å². The molecule has 3 rings (SSSR count). The van der Waals surface area contributed by atoms with Gasteiger partial charge in [0.05, 0.1) is 4.90 Å². The van der Waals surface area contributed by atoms with E-state index in [1.54, 1.807) is 18.2 Å². The molecule has 1 amide bonds. The van der Waals surface area contributed by atoms with Gasteiger partial charge in [-0.25, -0.2) is 8.42 Å². The number of piperidine rings is 1. The Balaban J connectivity index is 1.67. The maximum Gasteiger partial charge on any atom is 0.267 e. The van der Waals surface area contributed by atoms with Crippen molar-refractivity contribution in [2.45, 2.75) is 24.7 Å². The number of halogens is 1. The number of hydrogen-bond acceptors (Lipinski definition) is 3. The van der Waals surface area contributed by atoms with Crippen molar-refractivity contribution in [1.29, 1.82) is 0 Å². The van der Waals surface area contributed by atoms with Gasteiger partial charge in [-0.3, -0.25) is 4.79 Å². The van der Waals surface area contributed by atoms with E-state index < -0.39 is 15.9 Å². The highest BCUT2D eigenvalue weighted by Crippen LogP contribution is 2.24. The Bertz CT molecular complexity index is 949. The van der Waals surface area contributed by atoms with Gasteiger partial charge in [0.2, 0.25) is 10.0 Å². The molecule has 0 bridgehead atoms. The van der Waals surface area contributed by atoms with Crippen molar-refractivity contribution < 1.29 is 13.2 Å². The Hall–Kier alpha value is -2.15. The number of anilines is 1. The Morgan fingerprint density at radius 2 is 1.68 bits per heavy atom. The molecule has 28 heavy (non-hydrogen) atoms. The summed E-state index contributed by atoms with van der Waals surface area (Å²) in [5.41, 5.74) is 1.30. The lowest BCUT2D eigenvalue weighted by Crippen LogP contribution is -2.37. The highest BCUT2D eigenvalue weighted by atomic mass is 35.5. The molecule has 2 aromatic rings. The molecule has 1 aliphatic rings. The number of amides is 1. The van der Waals surface area contributed by atoms with Gasteiger partial charge >= 0.3 is 0 Å². The summed E-state index contributed by atoms with van der Waals surface area (Å²) in [7, 11) is -3.50. The maximum atomic E-state index is 12.7. The summed E-state index contributed by atoms with van der Waals surface area (Å²) in [6.07, 6.45) is 3.33. The molecule has 0 spiro atoms.